The van der Waals surface area contributed by atoms with E-state index in [1.54, 1.807) is 0 Å². The van der Waals surface area contributed by atoms with Crippen molar-refractivity contribution in [2.75, 3.05) is 0 Å². The van der Waals surface area contributed by atoms with Gasteiger partial charge in [-0.1, -0.05) is 0 Å². The van der Waals surface area contributed by atoms with E-state index in [1.165, 1.54) is 0 Å². The van der Waals surface area contributed by atoms with Crippen LogP contribution in [0.3, 0.4) is 0 Å². The molecule has 0 heterocycles. The summed E-state index contributed by atoms with van der Waals surface area (Å²) in [6.45, 7) is 0. The maximum Gasteiger partial charge on any atom is 0 e. The minimum Gasteiger partial charge on any atom is 0 e. The van der Waals surface area contributed by atoms with Gasteiger partial charge in [-0.15, -0.1) is 0 Å². The molecule has 1 radical (unpaired) electrons. The second kappa shape index (κ2) is 49.1. The van der Waals surface area contributed by atoms with Gasteiger partial charge in [-0.3, -0.25) is 0 Å². The Balaban J connectivity index is 0. The summed E-state index contributed by atoms with van der Waals surface area (Å²) in [5.74, 6) is 0. The van der Waals surface area contributed by atoms with Crippen molar-refractivity contribution in [1.82, 2.24) is 0 Å². The van der Waals surface area contributed by atoms with Crippen LogP contribution in [-0.2, 0) is 68.0 Å². The number of rotatable bonds is 0. The monoisotopic (exact) mass is 353 g/mol. The smallest absolute Gasteiger partial charge is 0 e. The van der Waals surface area contributed by atoms with Crippen LogP contribution in [0.5, 0.6) is 0 Å². The molecule has 0 amide bonds. The van der Waals surface area contributed by atoms with E-state index in [1.807, 2.05) is 0 Å². The molecule has 0 aliphatic heterocycles. The second-order valence-corrected chi connectivity index (χ2v) is 0. The predicted octanol–water partition coefficient (Wildman–Crippen LogP) is -3.14. The molecule has 43 valence electrons. The van der Waals surface area contributed by atoms with E-state index < -0.39 is 0 Å². The Morgan fingerprint density at radius 3 is 1.00 bits per heavy atom. The van der Waals surface area contributed by atoms with Gasteiger partial charge in [0.05, 0.1) is 0 Å². The summed E-state index contributed by atoms with van der Waals surface area (Å²) in [4.78, 5) is 0. The largest absolute Gasteiger partial charge is 0 e. The van der Waals surface area contributed by atoms with E-state index in [0.717, 1.165) is 0 Å². The molecule has 0 unspecified atom stereocenters. The Bertz CT molecular complexity index is 24.0. The van der Waals surface area contributed by atoms with E-state index in [-0.39, 0.29) is 210 Å². The molecule has 0 aromatic heterocycles. The average Bonchev–Trinajstić information content (AvgIpc) is 0. The van der Waals surface area contributed by atoms with Gasteiger partial charge in [-0.25, -0.2) is 0 Å². The Labute approximate surface area is 203 Å². The number of hydrogen-bond acceptors (Lipinski definition) is 0. The molecular weight excluding hydrogens is 348 g/mol. The third-order valence-electron chi connectivity index (χ3n) is 0. The topological polar surface area (TPSA) is 0 Å². The molecule has 8 heteroatoms. The molecule has 0 bridgehead atoms. The minimum absolute atomic E-state index is 0. The third-order valence-corrected chi connectivity index (χ3v) is 0. The molecule has 0 saturated heterocycles. The zero-order valence-electron chi connectivity index (χ0n) is 1.46. The summed E-state index contributed by atoms with van der Waals surface area (Å²) in [5.41, 5.74) is 0. The van der Waals surface area contributed by atoms with Crippen LogP contribution in [0.2, 0.25) is 0 Å². The Morgan fingerprint density at radius 1 is 1.00 bits per heavy atom. The first-order valence-corrected chi connectivity index (χ1v) is 0. The molecule has 0 N–H and O–H groups in total. The Hall–Kier alpha value is 6.73. The quantitative estimate of drug-likeness (QED) is 0.404. The van der Waals surface area contributed by atoms with E-state index in [0.29, 0.717) is 0 Å². The summed E-state index contributed by atoms with van der Waals surface area (Å²) < 4.78 is 0. The van der Waals surface area contributed by atoms with Crippen LogP contribution in [0.25, 0.3) is 0 Å². The van der Waals surface area contributed by atoms with E-state index in [2.05, 4.69) is 0 Å². The molecule has 0 nitrogen and oxygen atoms in total. The van der Waals surface area contributed by atoms with Crippen molar-refractivity contribution in [2.24, 2.45) is 0 Å². The van der Waals surface area contributed by atoms with Crippen LogP contribution in [0.1, 0.15) is 0 Å². The average molecular weight is 354 g/mol. The Kier molecular flexibility index (Phi) is 377. The summed E-state index contributed by atoms with van der Waals surface area (Å²) >= 11 is 0. The van der Waals surface area contributed by atoms with Crippen molar-refractivity contribution in [2.45, 2.75) is 0 Å². The molecule has 8 heavy (non-hydrogen) atoms. The van der Waals surface area contributed by atoms with Crippen molar-refractivity contribution >= 4 is 142 Å². The molecule has 0 aromatic rings. The number of hydrogen-bond donors (Lipinski definition) is 0. The zero-order chi connectivity index (χ0) is 0. The molecule has 0 aliphatic carbocycles. The van der Waals surface area contributed by atoms with E-state index in [9.17, 15) is 0 Å². The van der Waals surface area contributed by atoms with Gasteiger partial charge < -0.3 is 0 Å². The van der Waals surface area contributed by atoms with Gasteiger partial charge in [0.2, 0.25) is 0 Å². The molecule has 0 rings (SSSR count). The van der Waals surface area contributed by atoms with Crippen molar-refractivity contribution < 1.29 is 68.0 Å². The molecular formula is H6CaCrFeKMgMnNaNi. The van der Waals surface area contributed by atoms with Crippen LogP contribution in [0, 0.1) is 0 Å². The first kappa shape index (κ1) is 61.3. The van der Waals surface area contributed by atoms with Crippen LogP contribution in [0.4, 0.5) is 0 Å². The van der Waals surface area contributed by atoms with Crippen LogP contribution in [0.15, 0.2) is 0 Å². The maximum atomic E-state index is 0. The molecule has 0 spiro atoms. The first-order valence-electron chi connectivity index (χ1n) is 0. The van der Waals surface area contributed by atoms with Gasteiger partial charge in [-0.2, -0.15) is 0 Å². The molecule has 0 aromatic carbocycles. The normalized spacial score (nSPS) is 0. The van der Waals surface area contributed by atoms with Crippen molar-refractivity contribution in [3.63, 3.8) is 0 Å². The fourth-order valence-electron chi connectivity index (χ4n) is 0. The van der Waals surface area contributed by atoms with E-state index in [4.69, 9.17) is 0 Å². The van der Waals surface area contributed by atoms with Gasteiger partial charge in [0.25, 0.3) is 0 Å². The summed E-state index contributed by atoms with van der Waals surface area (Å²) in [5, 5.41) is 0. The molecule has 0 fully saturated rings. The van der Waals surface area contributed by atoms with Crippen molar-refractivity contribution in [3.05, 3.63) is 0 Å². The van der Waals surface area contributed by atoms with Crippen LogP contribution < -0.4 is 0 Å². The summed E-state index contributed by atoms with van der Waals surface area (Å²) in [6, 6.07) is 0. The van der Waals surface area contributed by atoms with Gasteiger partial charge >= 0.3 is 142 Å². The molecule has 0 aliphatic rings. The van der Waals surface area contributed by atoms with Gasteiger partial charge in [0.1, 0.15) is 0 Å². The standard InChI is InChI=1S/Ca.Cr.Fe.K.Mg.Mn.Na.Ni.6H. The fourth-order valence-corrected chi connectivity index (χ4v) is 0. The second-order valence-electron chi connectivity index (χ2n) is 0. The van der Waals surface area contributed by atoms with Crippen LogP contribution >= 0.6 is 0 Å². The predicted molar refractivity (Wildman–Crippen MR) is 31.4 cm³/mol. The van der Waals surface area contributed by atoms with Gasteiger partial charge in [0, 0.05) is 68.0 Å². The molecule has 0 atom stereocenters. The third kappa shape index (κ3) is 38.7. The van der Waals surface area contributed by atoms with Crippen molar-refractivity contribution in [3.8, 4) is 0 Å². The maximum absolute atomic E-state index is 0. The SMILES string of the molecule is [CaH2].[Cr].[Fe].[KH].[MgH2].[Mn].[NaH].[Ni]. The van der Waals surface area contributed by atoms with Gasteiger partial charge in [-0.05, 0) is 0 Å². The summed E-state index contributed by atoms with van der Waals surface area (Å²) in [7, 11) is 0. The first-order chi connectivity index (χ1) is 0. The van der Waals surface area contributed by atoms with Crippen LogP contribution in [-0.4, -0.2) is 142 Å². The van der Waals surface area contributed by atoms with Crippen molar-refractivity contribution in [1.29, 1.82) is 0 Å². The summed E-state index contributed by atoms with van der Waals surface area (Å²) in [6.07, 6.45) is 0. The Morgan fingerprint density at radius 2 is 1.00 bits per heavy atom. The minimum atomic E-state index is 0. The fraction of sp³-hybridized carbons (Fsp3) is 0. The zero-order valence-corrected chi connectivity index (χ0v) is 6.00. The van der Waals surface area contributed by atoms with E-state index >= 15 is 0 Å². The van der Waals surface area contributed by atoms with Gasteiger partial charge in [0.15, 0.2) is 0 Å². The molecule has 0 saturated carbocycles.